The van der Waals surface area contributed by atoms with E-state index in [-0.39, 0.29) is 0 Å². The normalized spacial score (nSPS) is 28.5. The number of hydrogen-bond acceptors (Lipinski definition) is 1. The van der Waals surface area contributed by atoms with E-state index in [9.17, 15) is 0 Å². The van der Waals surface area contributed by atoms with E-state index in [4.69, 9.17) is 3.07 Å². The van der Waals surface area contributed by atoms with Gasteiger partial charge >= 0.3 is 0 Å². The maximum absolute atomic E-state index is 5.23. The molecule has 0 amide bonds. The lowest BCUT2D eigenvalue weighted by Gasteiger charge is -2.28. The van der Waals surface area contributed by atoms with Crippen molar-refractivity contribution in [2.45, 2.75) is 39.5 Å². The molecule has 0 bridgehead atoms. The maximum Gasteiger partial charge on any atom is 0.109 e. The summed E-state index contributed by atoms with van der Waals surface area (Å²) in [5.41, 5.74) is 1.45. The highest BCUT2D eigenvalue weighted by molar-refractivity contribution is 14.1. The third kappa shape index (κ3) is 3.98. The molecule has 2 heteroatoms. The van der Waals surface area contributed by atoms with Gasteiger partial charge in [0.25, 0.3) is 0 Å². The van der Waals surface area contributed by atoms with Gasteiger partial charge in [-0.15, -0.1) is 0 Å². The predicted octanol–water partition coefficient (Wildman–Crippen LogP) is 4.13. The molecule has 0 aromatic heterocycles. The Morgan fingerprint density at radius 3 is 2.69 bits per heavy atom. The quantitative estimate of drug-likeness (QED) is 0.562. The zero-order valence-electron chi connectivity index (χ0n) is 8.55. The SMILES string of the molecule is CC(C)=CC1CCCCC1COI. The molecule has 2 atom stereocenters. The lowest BCUT2D eigenvalue weighted by Crippen LogP contribution is -2.21. The standard InChI is InChI=1S/C11H19IO/c1-9(2)7-10-5-3-4-6-11(10)8-13-12/h7,10-11H,3-6,8H2,1-2H3. The summed E-state index contributed by atoms with van der Waals surface area (Å²) < 4.78 is 5.23. The first-order chi connectivity index (χ1) is 6.24. The molecule has 1 aliphatic rings. The first-order valence-corrected chi connectivity index (χ1v) is 6.00. The molecule has 1 fully saturated rings. The van der Waals surface area contributed by atoms with E-state index < -0.39 is 0 Å². The lowest BCUT2D eigenvalue weighted by molar-refractivity contribution is 0.209. The first kappa shape index (κ1) is 11.5. The van der Waals surface area contributed by atoms with Crippen molar-refractivity contribution in [1.29, 1.82) is 0 Å². The third-order valence-corrected chi connectivity index (χ3v) is 3.15. The number of allylic oxidation sites excluding steroid dienone is 2. The zero-order chi connectivity index (χ0) is 9.68. The Morgan fingerprint density at radius 1 is 1.38 bits per heavy atom. The van der Waals surface area contributed by atoms with Crippen LogP contribution in [0, 0.1) is 11.8 Å². The van der Waals surface area contributed by atoms with Gasteiger partial charge in [0.05, 0.1) is 6.61 Å². The van der Waals surface area contributed by atoms with E-state index in [1.165, 1.54) is 31.3 Å². The van der Waals surface area contributed by atoms with E-state index in [0.29, 0.717) is 0 Å². The highest BCUT2D eigenvalue weighted by Gasteiger charge is 2.23. The summed E-state index contributed by atoms with van der Waals surface area (Å²) in [6.45, 7) is 5.31. The Kier molecular flexibility index (Phi) is 5.32. The van der Waals surface area contributed by atoms with E-state index in [0.717, 1.165) is 18.4 Å². The minimum atomic E-state index is 0.764. The molecule has 0 radical (unpaired) electrons. The molecule has 0 heterocycles. The van der Waals surface area contributed by atoms with Crippen molar-refractivity contribution in [3.63, 3.8) is 0 Å². The van der Waals surface area contributed by atoms with Crippen molar-refractivity contribution < 1.29 is 3.07 Å². The highest BCUT2D eigenvalue weighted by Crippen LogP contribution is 2.32. The van der Waals surface area contributed by atoms with Crippen LogP contribution >= 0.6 is 23.0 Å². The summed E-state index contributed by atoms with van der Waals surface area (Å²) in [6, 6.07) is 0. The molecule has 2 unspecified atom stereocenters. The van der Waals surface area contributed by atoms with Crippen LogP contribution in [0.4, 0.5) is 0 Å². The summed E-state index contributed by atoms with van der Waals surface area (Å²) in [6.07, 6.45) is 7.91. The van der Waals surface area contributed by atoms with Crippen molar-refractivity contribution in [3.05, 3.63) is 11.6 Å². The highest BCUT2D eigenvalue weighted by atomic mass is 127. The van der Waals surface area contributed by atoms with Gasteiger partial charge in [-0.05, 0) is 38.5 Å². The molecule has 1 nitrogen and oxygen atoms in total. The second kappa shape index (κ2) is 6.02. The fraction of sp³-hybridized carbons (Fsp3) is 0.818. The summed E-state index contributed by atoms with van der Waals surface area (Å²) in [7, 11) is 0. The molecule has 76 valence electrons. The van der Waals surface area contributed by atoms with Gasteiger partial charge in [0, 0.05) is 0 Å². The van der Waals surface area contributed by atoms with Crippen LogP contribution in [0.15, 0.2) is 11.6 Å². The monoisotopic (exact) mass is 294 g/mol. The van der Waals surface area contributed by atoms with Crippen molar-refractivity contribution in [3.8, 4) is 0 Å². The number of halogens is 1. The van der Waals surface area contributed by atoms with Crippen LogP contribution < -0.4 is 0 Å². The van der Waals surface area contributed by atoms with Crippen molar-refractivity contribution in [2.24, 2.45) is 11.8 Å². The topological polar surface area (TPSA) is 9.23 Å². The van der Waals surface area contributed by atoms with Gasteiger partial charge in [-0.25, -0.2) is 0 Å². The van der Waals surface area contributed by atoms with E-state index >= 15 is 0 Å². The maximum atomic E-state index is 5.23. The summed E-state index contributed by atoms with van der Waals surface area (Å²) >= 11 is 2.01. The predicted molar refractivity (Wildman–Crippen MR) is 64.9 cm³/mol. The molecule has 0 aromatic rings. The van der Waals surface area contributed by atoms with Crippen LogP contribution in [-0.4, -0.2) is 6.61 Å². The average Bonchev–Trinajstić information content (AvgIpc) is 2.08. The molecule has 1 aliphatic carbocycles. The van der Waals surface area contributed by atoms with Crippen LogP contribution in [0.5, 0.6) is 0 Å². The molecule has 0 N–H and O–H groups in total. The molecule has 13 heavy (non-hydrogen) atoms. The van der Waals surface area contributed by atoms with Crippen LogP contribution in [0.1, 0.15) is 39.5 Å². The fourth-order valence-electron chi connectivity index (χ4n) is 2.17. The van der Waals surface area contributed by atoms with Crippen LogP contribution in [-0.2, 0) is 3.07 Å². The molecular weight excluding hydrogens is 275 g/mol. The lowest BCUT2D eigenvalue weighted by atomic mass is 9.79. The minimum absolute atomic E-state index is 0.764. The van der Waals surface area contributed by atoms with Gasteiger partial charge in [-0.2, -0.15) is 0 Å². The number of rotatable bonds is 3. The van der Waals surface area contributed by atoms with E-state index in [1.807, 2.05) is 23.0 Å². The van der Waals surface area contributed by atoms with Crippen molar-refractivity contribution in [2.75, 3.05) is 6.61 Å². The fourth-order valence-corrected chi connectivity index (χ4v) is 2.63. The molecule has 0 saturated heterocycles. The van der Waals surface area contributed by atoms with Gasteiger partial charge in [0.1, 0.15) is 23.0 Å². The van der Waals surface area contributed by atoms with Gasteiger partial charge in [-0.3, -0.25) is 0 Å². The van der Waals surface area contributed by atoms with Gasteiger partial charge in [0.15, 0.2) is 0 Å². The first-order valence-electron chi connectivity index (χ1n) is 5.12. The Balaban J connectivity index is 2.51. The summed E-state index contributed by atoms with van der Waals surface area (Å²) in [5.74, 6) is 1.54. The van der Waals surface area contributed by atoms with Crippen LogP contribution in [0.25, 0.3) is 0 Å². The van der Waals surface area contributed by atoms with Crippen LogP contribution in [0.3, 0.4) is 0 Å². The van der Waals surface area contributed by atoms with Crippen molar-refractivity contribution >= 4 is 23.0 Å². The average molecular weight is 294 g/mol. The second-order valence-electron chi connectivity index (χ2n) is 4.23. The summed E-state index contributed by atoms with van der Waals surface area (Å²) in [5, 5.41) is 0. The second-order valence-corrected chi connectivity index (χ2v) is 4.85. The Morgan fingerprint density at radius 2 is 2.08 bits per heavy atom. The number of hydrogen-bond donors (Lipinski definition) is 0. The Bertz CT molecular complexity index is 171. The van der Waals surface area contributed by atoms with Gasteiger partial charge in [0.2, 0.25) is 0 Å². The van der Waals surface area contributed by atoms with E-state index in [1.54, 1.807) is 0 Å². The van der Waals surface area contributed by atoms with Crippen molar-refractivity contribution in [1.82, 2.24) is 0 Å². The van der Waals surface area contributed by atoms with Gasteiger partial charge in [-0.1, -0.05) is 24.5 Å². The van der Waals surface area contributed by atoms with Crippen LogP contribution in [0.2, 0.25) is 0 Å². The third-order valence-electron chi connectivity index (χ3n) is 2.79. The Hall–Kier alpha value is 0.430. The molecule has 0 aliphatic heterocycles. The van der Waals surface area contributed by atoms with E-state index in [2.05, 4.69) is 19.9 Å². The molecule has 1 rings (SSSR count). The van der Waals surface area contributed by atoms with Gasteiger partial charge < -0.3 is 3.07 Å². The molecular formula is C11H19IO. The molecule has 0 spiro atoms. The molecule has 1 saturated carbocycles. The minimum Gasteiger partial charge on any atom is -0.315 e. The largest absolute Gasteiger partial charge is 0.315 e. The smallest absolute Gasteiger partial charge is 0.109 e. The zero-order valence-corrected chi connectivity index (χ0v) is 10.7. The summed E-state index contributed by atoms with van der Waals surface area (Å²) in [4.78, 5) is 0. The Labute approximate surface area is 95.6 Å². The molecule has 0 aromatic carbocycles.